The lowest BCUT2D eigenvalue weighted by Crippen LogP contribution is -2.40. The highest BCUT2D eigenvalue weighted by atomic mass is 16.3. The van der Waals surface area contributed by atoms with Crippen LogP contribution in [-0.4, -0.2) is 22.2 Å². The van der Waals surface area contributed by atoms with Gasteiger partial charge < -0.3 is 10.4 Å². The van der Waals surface area contributed by atoms with Crippen molar-refractivity contribution in [1.82, 2.24) is 4.98 Å². The molecule has 1 aliphatic rings. The van der Waals surface area contributed by atoms with Crippen LogP contribution in [0, 0.1) is 5.92 Å². The minimum Gasteiger partial charge on any atom is -0.393 e. The van der Waals surface area contributed by atoms with Crippen molar-refractivity contribution in [2.24, 2.45) is 5.92 Å². The van der Waals surface area contributed by atoms with Gasteiger partial charge in [-0.05, 0) is 43.4 Å². The van der Waals surface area contributed by atoms with Gasteiger partial charge in [0.1, 0.15) is 5.82 Å². The summed E-state index contributed by atoms with van der Waals surface area (Å²) in [6, 6.07) is 12.7. The number of anilines is 1. The number of aliphatic hydroxyl groups is 1. The van der Waals surface area contributed by atoms with Crippen LogP contribution >= 0.6 is 0 Å². The van der Waals surface area contributed by atoms with Gasteiger partial charge in [0.25, 0.3) is 0 Å². The minimum atomic E-state index is -0.0922. The van der Waals surface area contributed by atoms with Gasteiger partial charge in [-0.1, -0.05) is 25.1 Å². The molecule has 0 bridgehead atoms. The number of fused-ring (bicyclic) bond motifs is 1. The van der Waals surface area contributed by atoms with Crippen LogP contribution in [-0.2, 0) is 0 Å². The number of nitrogens with one attached hydrogen (secondary N) is 1. The van der Waals surface area contributed by atoms with Gasteiger partial charge in [-0.3, -0.25) is 0 Å². The van der Waals surface area contributed by atoms with Crippen LogP contribution in [0.15, 0.2) is 36.4 Å². The Balaban J connectivity index is 1.76. The van der Waals surface area contributed by atoms with Crippen molar-refractivity contribution in [2.75, 3.05) is 5.32 Å². The number of rotatable bonds is 4. The molecule has 2 aromatic rings. The van der Waals surface area contributed by atoms with Crippen LogP contribution < -0.4 is 5.32 Å². The van der Waals surface area contributed by atoms with E-state index in [1.54, 1.807) is 0 Å². The van der Waals surface area contributed by atoms with Crippen LogP contribution in [0.5, 0.6) is 0 Å². The molecule has 1 atom stereocenters. The zero-order valence-electron chi connectivity index (χ0n) is 11.2. The molecule has 1 aromatic heterocycles. The Bertz CT molecular complexity index is 563. The van der Waals surface area contributed by atoms with E-state index < -0.39 is 0 Å². The summed E-state index contributed by atoms with van der Waals surface area (Å²) < 4.78 is 0. The van der Waals surface area contributed by atoms with E-state index in [4.69, 9.17) is 0 Å². The van der Waals surface area contributed by atoms with Crippen molar-refractivity contribution >= 4 is 16.7 Å². The van der Waals surface area contributed by atoms with E-state index >= 15 is 0 Å². The van der Waals surface area contributed by atoms with Gasteiger partial charge in [0.05, 0.1) is 11.6 Å². The predicted octanol–water partition coefficient (Wildman–Crippen LogP) is 3.20. The van der Waals surface area contributed by atoms with E-state index in [-0.39, 0.29) is 6.10 Å². The summed E-state index contributed by atoms with van der Waals surface area (Å²) in [5.41, 5.74) is 1.02. The number of benzene rings is 1. The molecule has 1 aliphatic carbocycles. The third-order valence-electron chi connectivity index (χ3n) is 4.09. The average molecular weight is 256 g/mol. The molecule has 0 aliphatic heterocycles. The number of aromatic nitrogens is 1. The number of nitrogens with zero attached hydrogens (tertiary/aromatic N) is 1. The molecule has 100 valence electrons. The largest absolute Gasteiger partial charge is 0.393 e. The number of hydrogen-bond donors (Lipinski definition) is 2. The average Bonchev–Trinajstić information content (AvgIpc) is 2.41. The third-order valence-corrected chi connectivity index (χ3v) is 4.09. The molecule has 1 unspecified atom stereocenters. The monoisotopic (exact) mass is 256 g/mol. The molecular formula is C16H20N2O. The molecule has 1 aromatic carbocycles. The summed E-state index contributed by atoms with van der Waals surface area (Å²) in [5.74, 6) is 1.51. The summed E-state index contributed by atoms with van der Waals surface area (Å²) in [7, 11) is 0. The normalized spacial score (nSPS) is 23.9. The lowest BCUT2D eigenvalue weighted by molar-refractivity contribution is 0.0336. The van der Waals surface area contributed by atoms with E-state index in [2.05, 4.69) is 29.4 Å². The fraction of sp³-hybridized carbons (Fsp3) is 0.438. The van der Waals surface area contributed by atoms with Crippen molar-refractivity contribution in [3.8, 4) is 0 Å². The highest BCUT2D eigenvalue weighted by Gasteiger charge is 2.33. The second-order valence-electron chi connectivity index (χ2n) is 5.43. The first-order valence-electron chi connectivity index (χ1n) is 7.06. The van der Waals surface area contributed by atoms with Gasteiger partial charge in [0, 0.05) is 11.4 Å². The molecule has 0 saturated heterocycles. The Morgan fingerprint density at radius 1 is 1.26 bits per heavy atom. The maximum absolute atomic E-state index is 9.43. The first-order chi connectivity index (χ1) is 9.26. The maximum Gasteiger partial charge on any atom is 0.126 e. The summed E-state index contributed by atoms with van der Waals surface area (Å²) in [6.07, 6.45) is 2.80. The molecular weight excluding hydrogens is 236 g/mol. The topological polar surface area (TPSA) is 45.2 Å². The van der Waals surface area contributed by atoms with Gasteiger partial charge in [-0.25, -0.2) is 4.98 Å². The fourth-order valence-corrected chi connectivity index (χ4v) is 2.85. The highest BCUT2D eigenvalue weighted by molar-refractivity contribution is 5.80. The van der Waals surface area contributed by atoms with Crippen LogP contribution in [0.4, 0.5) is 5.82 Å². The second-order valence-corrected chi connectivity index (χ2v) is 5.43. The molecule has 3 rings (SSSR count). The van der Waals surface area contributed by atoms with Crippen LogP contribution in [0.3, 0.4) is 0 Å². The molecule has 1 fully saturated rings. The van der Waals surface area contributed by atoms with Crippen molar-refractivity contribution in [3.63, 3.8) is 0 Å². The number of hydrogen-bond acceptors (Lipinski definition) is 3. The first kappa shape index (κ1) is 12.4. The third kappa shape index (κ3) is 2.56. The Kier molecular flexibility index (Phi) is 3.38. The van der Waals surface area contributed by atoms with Crippen molar-refractivity contribution in [1.29, 1.82) is 0 Å². The number of para-hydroxylation sites is 1. The van der Waals surface area contributed by atoms with Gasteiger partial charge in [0.2, 0.25) is 0 Å². The zero-order chi connectivity index (χ0) is 13.2. The highest BCUT2D eigenvalue weighted by Crippen LogP contribution is 2.33. The number of aliphatic hydroxyl groups excluding tert-OH is 1. The summed E-state index contributed by atoms with van der Waals surface area (Å²) in [6.45, 7) is 2.18. The van der Waals surface area contributed by atoms with Gasteiger partial charge in [-0.2, -0.15) is 0 Å². The molecule has 0 radical (unpaired) electrons. The lowest BCUT2D eigenvalue weighted by Gasteiger charge is -2.37. The first-order valence-corrected chi connectivity index (χ1v) is 7.06. The molecule has 0 spiro atoms. The summed E-state index contributed by atoms with van der Waals surface area (Å²) >= 11 is 0. The van der Waals surface area contributed by atoms with Crippen LogP contribution in [0.25, 0.3) is 10.9 Å². The quantitative estimate of drug-likeness (QED) is 0.883. The van der Waals surface area contributed by atoms with Gasteiger partial charge in [0.15, 0.2) is 0 Å². The summed E-state index contributed by atoms with van der Waals surface area (Å²) in [4.78, 5) is 4.65. The smallest absolute Gasteiger partial charge is 0.126 e. The van der Waals surface area contributed by atoms with Crippen molar-refractivity contribution in [3.05, 3.63) is 36.4 Å². The SMILES string of the molecule is CCC(Nc1ccc2ccccc2n1)C1CC(O)C1. The Morgan fingerprint density at radius 2 is 2.05 bits per heavy atom. The molecule has 2 N–H and O–H groups in total. The fourth-order valence-electron chi connectivity index (χ4n) is 2.85. The minimum absolute atomic E-state index is 0.0922. The van der Waals surface area contributed by atoms with E-state index in [1.165, 1.54) is 5.39 Å². The molecule has 1 saturated carbocycles. The van der Waals surface area contributed by atoms with E-state index in [9.17, 15) is 5.11 Å². The maximum atomic E-state index is 9.43. The molecule has 19 heavy (non-hydrogen) atoms. The Hall–Kier alpha value is -1.61. The van der Waals surface area contributed by atoms with Crippen molar-refractivity contribution in [2.45, 2.75) is 38.3 Å². The van der Waals surface area contributed by atoms with Crippen LogP contribution in [0.1, 0.15) is 26.2 Å². The lowest BCUT2D eigenvalue weighted by atomic mass is 9.76. The van der Waals surface area contributed by atoms with E-state index in [1.807, 2.05) is 24.3 Å². The van der Waals surface area contributed by atoms with E-state index in [0.717, 1.165) is 30.6 Å². The number of pyridine rings is 1. The summed E-state index contributed by atoms with van der Waals surface area (Å²) in [5, 5.41) is 14.1. The predicted molar refractivity (Wildman–Crippen MR) is 78.2 cm³/mol. The molecule has 0 amide bonds. The van der Waals surface area contributed by atoms with Crippen LogP contribution in [0.2, 0.25) is 0 Å². The van der Waals surface area contributed by atoms with Crippen molar-refractivity contribution < 1.29 is 5.11 Å². The second kappa shape index (κ2) is 5.17. The van der Waals surface area contributed by atoms with E-state index in [0.29, 0.717) is 12.0 Å². The molecule has 3 nitrogen and oxygen atoms in total. The molecule has 1 heterocycles. The standard InChI is InChI=1S/C16H20N2O/c1-2-14(12-9-13(19)10-12)17-16-8-7-11-5-3-4-6-15(11)18-16/h3-8,12-14,19H,2,9-10H2,1H3,(H,17,18). The van der Waals surface area contributed by atoms with Gasteiger partial charge in [-0.15, -0.1) is 0 Å². The zero-order valence-corrected chi connectivity index (χ0v) is 11.2. The van der Waals surface area contributed by atoms with Gasteiger partial charge >= 0.3 is 0 Å². The Morgan fingerprint density at radius 3 is 2.79 bits per heavy atom. The Labute approximate surface area is 113 Å². The molecule has 3 heteroatoms.